The molecule has 0 atom stereocenters. The summed E-state index contributed by atoms with van der Waals surface area (Å²) in [7, 11) is -2.25. The topological polar surface area (TPSA) is 72.1 Å². The van der Waals surface area contributed by atoms with Crippen LogP contribution in [0.3, 0.4) is 0 Å². The largest absolute Gasteiger partial charge is 0.497 e. The molecule has 0 fully saturated rings. The van der Waals surface area contributed by atoms with Crippen molar-refractivity contribution in [1.82, 2.24) is 4.31 Å². The first-order valence-electron chi connectivity index (χ1n) is 10.6. The van der Waals surface area contributed by atoms with Crippen LogP contribution in [0.2, 0.25) is 10.0 Å². The summed E-state index contributed by atoms with van der Waals surface area (Å²) >= 11 is 11.9. The number of hydrogen-bond acceptors (Lipinski definition) is 5. The van der Waals surface area contributed by atoms with Gasteiger partial charge in [0.15, 0.2) is 0 Å². The zero-order valence-electron chi connectivity index (χ0n) is 18.8. The fourth-order valence-electron chi connectivity index (χ4n) is 3.33. The second-order valence-electron chi connectivity index (χ2n) is 7.62. The summed E-state index contributed by atoms with van der Waals surface area (Å²) in [4.78, 5) is 4.54. The maximum Gasteiger partial charge on any atom is 0.243 e. The van der Waals surface area contributed by atoms with Crippen molar-refractivity contribution in [2.45, 2.75) is 18.0 Å². The summed E-state index contributed by atoms with van der Waals surface area (Å²) in [5, 5.41) is 1.03. The molecule has 1 heterocycles. The van der Waals surface area contributed by atoms with Gasteiger partial charge in [0.05, 0.1) is 30.5 Å². The van der Waals surface area contributed by atoms with Crippen LogP contribution in [0.1, 0.15) is 17.1 Å². The molecule has 180 valence electrons. The van der Waals surface area contributed by atoms with E-state index in [1.165, 1.54) is 16.4 Å². The molecule has 0 N–H and O–H groups in total. The molecular formula is C26H22Cl2N2O4S. The molecule has 3 aromatic carbocycles. The molecule has 0 saturated carbocycles. The zero-order chi connectivity index (χ0) is 24.8. The molecule has 4 rings (SSSR count). The highest BCUT2D eigenvalue weighted by Gasteiger charge is 2.26. The quantitative estimate of drug-likeness (QED) is 0.225. The molecule has 0 aliphatic carbocycles. The number of hydrogen-bond donors (Lipinski definition) is 0. The molecule has 6 nitrogen and oxygen atoms in total. The van der Waals surface area contributed by atoms with E-state index in [-0.39, 0.29) is 18.0 Å². The van der Waals surface area contributed by atoms with Crippen LogP contribution in [0.15, 0.2) is 99.2 Å². The van der Waals surface area contributed by atoms with Crippen molar-refractivity contribution >= 4 is 45.1 Å². The van der Waals surface area contributed by atoms with Gasteiger partial charge < -0.3 is 9.15 Å². The average molecular weight is 529 g/mol. The highest BCUT2D eigenvalue weighted by Crippen LogP contribution is 2.24. The molecule has 0 spiro atoms. The Morgan fingerprint density at radius 3 is 2.29 bits per heavy atom. The summed E-state index contributed by atoms with van der Waals surface area (Å²) in [5.74, 6) is 1.67. The first kappa shape index (κ1) is 25.0. The maximum absolute atomic E-state index is 13.5. The number of ether oxygens (including phenoxy) is 1. The lowest BCUT2D eigenvalue weighted by Gasteiger charge is -2.21. The SMILES string of the molecule is COc1cccc(N=Cc2ccc(CN(Cc3ccc(Cl)cc3)S(=O)(=O)c3ccc(Cl)cc3)o2)c1. The Bertz CT molecular complexity index is 1420. The van der Waals surface area contributed by atoms with Gasteiger partial charge in [0, 0.05) is 22.7 Å². The Morgan fingerprint density at radius 1 is 0.914 bits per heavy atom. The van der Waals surface area contributed by atoms with Crippen LogP contribution in [-0.4, -0.2) is 26.0 Å². The van der Waals surface area contributed by atoms with Gasteiger partial charge in [-0.3, -0.25) is 4.99 Å². The molecule has 0 aliphatic heterocycles. The number of aliphatic imine (C=N–C) groups is 1. The molecule has 0 saturated heterocycles. The van der Waals surface area contributed by atoms with E-state index in [0.717, 1.165) is 5.56 Å². The van der Waals surface area contributed by atoms with Crippen molar-refractivity contribution in [3.8, 4) is 5.75 Å². The van der Waals surface area contributed by atoms with Gasteiger partial charge in [0.2, 0.25) is 10.0 Å². The summed E-state index contributed by atoms with van der Waals surface area (Å²) in [6.45, 7) is 0.163. The highest BCUT2D eigenvalue weighted by atomic mass is 35.5. The number of furan rings is 1. The van der Waals surface area contributed by atoms with Gasteiger partial charge in [-0.25, -0.2) is 8.42 Å². The van der Waals surface area contributed by atoms with Crippen LogP contribution in [0.4, 0.5) is 5.69 Å². The predicted octanol–water partition coefficient (Wildman–Crippen LogP) is 6.74. The maximum atomic E-state index is 13.5. The van der Waals surface area contributed by atoms with Crippen molar-refractivity contribution in [3.05, 3.63) is 112 Å². The molecule has 0 aliphatic rings. The smallest absolute Gasteiger partial charge is 0.243 e. The minimum Gasteiger partial charge on any atom is -0.497 e. The summed E-state index contributed by atoms with van der Waals surface area (Å²) < 4.78 is 39.4. The van der Waals surface area contributed by atoms with Crippen LogP contribution in [0.5, 0.6) is 5.75 Å². The Morgan fingerprint density at radius 2 is 1.60 bits per heavy atom. The molecule has 1 aromatic heterocycles. The normalized spacial score (nSPS) is 11.9. The number of methoxy groups -OCH3 is 1. The molecule has 4 aromatic rings. The summed E-state index contributed by atoms with van der Waals surface area (Å²) in [5.41, 5.74) is 1.50. The van der Waals surface area contributed by atoms with Gasteiger partial charge in [-0.15, -0.1) is 0 Å². The Hall–Kier alpha value is -3.10. The number of benzene rings is 3. The van der Waals surface area contributed by atoms with E-state index < -0.39 is 10.0 Å². The van der Waals surface area contributed by atoms with Gasteiger partial charge in [-0.2, -0.15) is 4.31 Å². The molecule has 0 radical (unpaired) electrons. The average Bonchev–Trinajstić information content (AvgIpc) is 3.31. The van der Waals surface area contributed by atoms with E-state index in [2.05, 4.69) is 4.99 Å². The highest BCUT2D eigenvalue weighted by molar-refractivity contribution is 7.89. The molecule has 0 unspecified atom stereocenters. The predicted molar refractivity (Wildman–Crippen MR) is 138 cm³/mol. The standard InChI is InChI=1S/C26H22Cl2N2O4S/c1-33-23-4-2-3-22(15-23)29-16-24-11-12-25(34-24)18-30(17-19-5-7-20(27)8-6-19)35(31,32)26-13-9-21(28)10-14-26/h2-16H,17-18H2,1H3. The van der Waals surface area contributed by atoms with Gasteiger partial charge in [0.25, 0.3) is 0 Å². The number of rotatable bonds is 9. The Kier molecular flexibility index (Phi) is 7.93. The third-order valence-electron chi connectivity index (χ3n) is 5.13. The summed E-state index contributed by atoms with van der Waals surface area (Å²) in [6, 6.07) is 23.9. The number of sulfonamides is 1. The molecule has 35 heavy (non-hydrogen) atoms. The first-order valence-corrected chi connectivity index (χ1v) is 12.8. The van der Waals surface area contributed by atoms with Crippen LogP contribution in [0.25, 0.3) is 0 Å². The van der Waals surface area contributed by atoms with Crippen molar-refractivity contribution in [2.75, 3.05) is 7.11 Å². The Labute approximate surface area is 214 Å². The fourth-order valence-corrected chi connectivity index (χ4v) is 4.97. The van der Waals surface area contributed by atoms with E-state index in [1.807, 2.05) is 18.2 Å². The van der Waals surface area contributed by atoms with Gasteiger partial charge in [0.1, 0.15) is 17.3 Å². The van der Waals surface area contributed by atoms with Crippen LogP contribution >= 0.6 is 23.2 Å². The lowest BCUT2D eigenvalue weighted by molar-refractivity contribution is 0.357. The van der Waals surface area contributed by atoms with E-state index in [9.17, 15) is 8.42 Å². The van der Waals surface area contributed by atoms with Crippen molar-refractivity contribution in [1.29, 1.82) is 0 Å². The minimum atomic E-state index is -3.84. The third-order valence-corrected chi connectivity index (χ3v) is 7.44. The molecule has 9 heteroatoms. The van der Waals surface area contributed by atoms with Crippen molar-refractivity contribution in [3.63, 3.8) is 0 Å². The molecule has 0 bridgehead atoms. The lowest BCUT2D eigenvalue weighted by atomic mass is 10.2. The fraction of sp³-hybridized carbons (Fsp3) is 0.115. The van der Waals surface area contributed by atoms with E-state index in [4.69, 9.17) is 32.4 Å². The zero-order valence-corrected chi connectivity index (χ0v) is 21.1. The first-order chi connectivity index (χ1) is 16.8. The van der Waals surface area contributed by atoms with E-state index >= 15 is 0 Å². The Balaban J connectivity index is 1.58. The van der Waals surface area contributed by atoms with Crippen LogP contribution in [-0.2, 0) is 23.1 Å². The second kappa shape index (κ2) is 11.1. The molecular weight excluding hydrogens is 507 g/mol. The monoisotopic (exact) mass is 528 g/mol. The summed E-state index contributed by atoms with van der Waals surface area (Å²) in [6.07, 6.45) is 1.58. The minimum absolute atomic E-state index is 0.0284. The molecule has 0 amide bonds. The van der Waals surface area contributed by atoms with Crippen LogP contribution in [0, 0.1) is 0 Å². The van der Waals surface area contributed by atoms with Crippen LogP contribution < -0.4 is 4.74 Å². The van der Waals surface area contributed by atoms with Gasteiger partial charge in [-0.1, -0.05) is 41.4 Å². The van der Waals surface area contributed by atoms with Gasteiger partial charge in [-0.05, 0) is 66.2 Å². The number of nitrogens with zero attached hydrogens (tertiary/aromatic N) is 2. The second-order valence-corrected chi connectivity index (χ2v) is 10.4. The van der Waals surface area contributed by atoms with Crippen molar-refractivity contribution < 1.29 is 17.6 Å². The van der Waals surface area contributed by atoms with Gasteiger partial charge >= 0.3 is 0 Å². The van der Waals surface area contributed by atoms with Crippen molar-refractivity contribution in [2.24, 2.45) is 4.99 Å². The number of halogens is 2. The lowest BCUT2D eigenvalue weighted by Crippen LogP contribution is -2.30. The van der Waals surface area contributed by atoms with E-state index in [0.29, 0.717) is 33.0 Å². The van der Waals surface area contributed by atoms with E-state index in [1.54, 1.807) is 67.9 Å². The third kappa shape index (κ3) is 6.52.